The zero-order valence-electron chi connectivity index (χ0n) is 10.6. The maximum Gasteiger partial charge on any atom is 0.0457 e. The average molecular weight is 235 g/mol. The molecule has 0 saturated heterocycles. The Balaban J connectivity index is 2.45. The fraction of sp³-hybridized carbons (Fsp3) is 0.571. The highest BCUT2D eigenvalue weighted by Gasteiger charge is 2.33. The Labute approximate surface area is 103 Å². The van der Waals surface area contributed by atoms with E-state index in [9.17, 15) is 0 Å². The quantitative estimate of drug-likeness (QED) is 0.854. The summed E-state index contributed by atoms with van der Waals surface area (Å²) in [6.07, 6.45) is 1.23. The molecule has 88 valence electrons. The van der Waals surface area contributed by atoms with Gasteiger partial charge in [-0.05, 0) is 43.5 Å². The first-order chi connectivity index (χ1) is 7.69. The maximum atomic E-state index is 3.65. The second-order valence-electron chi connectivity index (χ2n) is 4.54. The van der Waals surface area contributed by atoms with E-state index in [-0.39, 0.29) is 0 Å². The van der Waals surface area contributed by atoms with Gasteiger partial charge in [-0.1, -0.05) is 26.0 Å². The van der Waals surface area contributed by atoms with Crippen molar-refractivity contribution in [2.45, 2.75) is 50.3 Å². The zero-order chi connectivity index (χ0) is 11.7. The second kappa shape index (κ2) is 4.80. The van der Waals surface area contributed by atoms with Gasteiger partial charge in [-0.15, -0.1) is 11.8 Å². The average Bonchev–Trinajstić information content (AvgIpc) is 2.64. The fourth-order valence-electron chi connectivity index (χ4n) is 2.53. The Morgan fingerprint density at radius 1 is 1.19 bits per heavy atom. The third kappa shape index (κ3) is 1.89. The summed E-state index contributed by atoms with van der Waals surface area (Å²) in [5, 5.41) is 4.35. The SMILES string of the molecule is CCNC1c2c(C)ccc(C)c2SC1CC. The second-order valence-corrected chi connectivity index (χ2v) is 5.79. The summed E-state index contributed by atoms with van der Waals surface area (Å²) < 4.78 is 0. The Hall–Kier alpha value is -0.470. The highest BCUT2D eigenvalue weighted by Crippen LogP contribution is 2.48. The normalized spacial score (nSPS) is 23.5. The van der Waals surface area contributed by atoms with Crippen LogP contribution in [0.15, 0.2) is 17.0 Å². The number of benzene rings is 1. The van der Waals surface area contributed by atoms with Gasteiger partial charge in [0.05, 0.1) is 0 Å². The molecule has 0 amide bonds. The molecule has 0 fully saturated rings. The Morgan fingerprint density at radius 2 is 1.88 bits per heavy atom. The van der Waals surface area contributed by atoms with Crippen LogP contribution < -0.4 is 5.32 Å². The zero-order valence-corrected chi connectivity index (χ0v) is 11.4. The van der Waals surface area contributed by atoms with E-state index in [4.69, 9.17) is 0 Å². The third-order valence-corrected chi connectivity index (χ3v) is 5.08. The van der Waals surface area contributed by atoms with Crippen molar-refractivity contribution in [3.05, 3.63) is 28.8 Å². The highest BCUT2D eigenvalue weighted by atomic mass is 32.2. The molecule has 0 bridgehead atoms. The topological polar surface area (TPSA) is 12.0 Å². The van der Waals surface area contributed by atoms with Gasteiger partial charge >= 0.3 is 0 Å². The van der Waals surface area contributed by atoms with Crippen molar-refractivity contribution in [2.24, 2.45) is 0 Å². The Kier molecular flexibility index (Phi) is 3.60. The molecule has 2 heteroatoms. The number of thioether (sulfide) groups is 1. The molecule has 0 saturated carbocycles. The molecule has 1 N–H and O–H groups in total. The highest BCUT2D eigenvalue weighted by molar-refractivity contribution is 8.00. The molecule has 1 aromatic rings. The Morgan fingerprint density at radius 3 is 2.50 bits per heavy atom. The molecule has 1 nitrogen and oxygen atoms in total. The smallest absolute Gasteiger partial charge is 0.0457 e. The first kappa shape index (κ1) is 12.0. The van der Waals surface area contributed by atoms with Crippen LogP contribution in [0, 0.1) is 13.8 Å². The molecule has 16 heavy (non-hydrogen) atoms. The minimum absolute atomic E-state index is 0.551. The van der Waals surface area contributed by atoms with Gasteiger partial charge in [0, 0.05) is 16.2 Å². The van der Waals surface area contributed by atoms with Gasteiger partial charge in [-0.3, -0.25) is 0 Å². The lowest BCUT2D eigenvalue weighted by Gasteiger charge is -2.20. The summed E-state index contributed by atoms with van der Waals surface area (Å²) in [4.78, 5) is 1.53. The van der Waals surface area contributed by atoms with E-state index in [1.54, 1.807) is 5.56 Å². The van der Waals surface area contributed by atoms with Crippen molar-refractivity contribution >= 4 is 11.8 Å². The number of aryl methyl sites for hydroxylation is 2. The molecule has 0 radical (unpaired) electrons. The minimum atomic E-state index is 0.551. The molecule has 0 spiro atoms. The molecule has 2 unspecified atom stereocenters. The third-order valence-electron chi connectivity index (χ3n) is 3.39. The monoisotopic (exact) mass is 235 g/mol. The van der Waals surface area contributed by atoms with Gasteiger partial charge in [0.25, 0.3) is 0 Å². The summed E-state index contributed by atoms with van der Waals surface area (Å²) in [6.45, 7) is 10.0. The fourth-order valence-corrected chi connectivity index (χ4v) is 4.03. The molecule has 0 aromatic heterocycles. The van der Waals surface area contributed by atoms with E-state index >= 15 is 0 Å². The molecule has 1 aromatic carbocycles. The van der Waals surface area contributed by atoms with Crippen molar-refractivity contribution in [3.63, 3.8) is 0 Å². The molecule has 2 atom stereocenters. The summed E-state index contributed by atoms with van der Waals surface area (Å²) in [5.41, 5.74) is 4.43. The van der Waals surface area contributed by atoms with Crippen molar-refractivity contribution in [2.75, 3.05) is 6.54 Å². The van der Waals surface area contributed by atoms with Crippen LogP contribution >= 0.6 is 11.8 Å². The van der Waals surface area contributed by atoms with E-state index in [0.717, 1.165) is 6.54 Å². The minimum Gasteiger partial charge on any atom is -0.309 e. The molecule has 1 heterocycles. The van der Waals surface area contributed by atoms with Crippen LogP contribution in [-0.4, -0.2) is 11.8 Å². The van der Waals surface area contributed by atoms with Gasteiger partial charge in [-0.2, -0.15) is 0 Å². The van der Waals surface area contributed by atoms with Gasteiger partial charge in [0.15, 0.2) is 0 Å². The Bertz CT molecular complexity index is 387. The van der Waals surface area contributed by atoms with Crippen LogP contribution in [0.2, 0.25) is 0 Å². The van der Waals surface area contributed by atoms with Gasteiger partial charge in [-0.25, -0.2) is 0 Å². The van der Waals surface area contributed by atoms with Crippen LogP contribution in [0.25, 0.3) is 0 Å². The van der Waals surface area contributed by atoms with E-state index in [1.807, 2.05) is 0 Å². The lowest BCUT2D eigenvalue weighted by atomic mass is 9.96. The number of fused-ring (bicyclic) bond motifs is 1. The van der Waals surface area contributed by atoms with Crippen LogP contribution in [0.3, 0.4) is 0 Å². The van der Waals surface area contributed by atoms with Gasteiger partial charge in [0.2, 0.25) is 0 Å². The van der Waals surface area contributed by atoms with E-state index in [0.29, 0.717) is 11.3 Å². The molecule has 1 aliphatic rings. The molecule has 0 aliphatic carbocycles. The van der Waals surface area contributed by atoms with Crippen LogP contribution in [0.4, 0.5) is 0 Å². The number of rotatable bonds is 3. The predicted octanol–water partition coefficient (Wildman–Crippen LogP) is 3.84. The maximum absolute atomic E-state index is 3.65. The van der Waals surface area contributed by atoms with Crippen molar-refractivity contribution in [1.29, 1.82) is 0 Å². The molecular weight excluding hydrogens is 214 g/mol. The summed E-state index contributed by atoms with van der Waals surface area (Å²) in [6, 6.07) is 5.06. The molecular formula is C14H21NS. The van der Waals surface area contributed by atoms with Crippen molar-refractivity contribution in [1.82, 2.24) is 5.32 Å². The van der Waals surface area contributed by atoms with Crippen LogP contribution in [-0.2, 0) is 0 Å². The van der Waals surface area contributed by atoms with Crippen LogP contribution in [0.1, 0.15) is 43.0 Å². The van der Waals surface area contributed by atoms with Gasteiger partial charge in [0.1, 0.15) is 0 Å². The first-order valence-electron chi connectivity index (χ1n) is 6.19. The molecule has 1 aliphatic heterocycles. The lowest BCUT2D eigenvalue weighted by molar-refractivity contribution is 0.525. The van der Waals surface area contributed by atoms with Crippen LogP contribution in [0.5, 0.6) is 0 Å². The van der Waals surface area contributed by atoms with E-state index in [1.165, 1.54) is 22.4 Å². The largest absolute Gasteiger partial charge is 0.309 e. The number of nitrogens with one attached hydrogen (secondary N) is 1. The van der Waals surface area contributed by atoms with E-state index < -0.39 is 0 Å². The van der Waals surface area contributed by atoms with Gasteiger partial charge < -0.3 is 5.32 Å². The van der Waals surface area contributed by atoms with Crippen molar-refractivity contribution in [3.8, 4) is 0 Å². The summed E-state index contributed by atoms with van der Waals surface area (Å²) >= 11 is 2.06. The van der Waals surface area contributed by atoms with E-state index in [2.05, 4.69) is 56.9 Å². The number of hydrogen-bond acceptors (Lipinski definition) is 2. The summed E-state index contributed by atoms with van der Waals surface area (Å²) in [7, 11) is 0. The molecule has 2 rings (SSSR count). The number of hydrogen-bond donors (Lipinski definition) is 1. The summed E-state index contributed by atoms with van der Waals surface area (Å²) in [5.74, 6) is 0. The predicted molar refractivity (Wildman–Crippen MR) is 72.3 cm³/mol. The standard InChI is InChI=1S/C14H21NS/c1-5-11-13(15-6-2)12-9(3)7-8-10(4)14(12)16-11/h7-8,11,13,15H,5-6H2,1-4H3. The first-order valence-corrected chi connectivity index (χ1v) is 7.07. The van der Waals surface area contributed by atoms with Crippen molar-refractivity contribution < 1.29 is 0 Å². The lowest BCUT2D eigenvalue weighted by Crippen LogP contribution is -2.27.